The topological polar surface area (TPSA) is 110 Å². The summed E-state index contributed by atoms with van der Waals surface area (Å²) in [4.78, 5) is 27.9. The van der Waals surface area contributed by atoms with Gasteiger partial charge in [0, 0.05) is 13.1 Å². The maximum absolute atomic E-state index is 13.5. The summed E-state index contributed by atoms with van der Waals surface area (Å²) in [5.74, 6) is -1.57. The predicted octanol–water partition coefficient (Wildman–Crippen LogP) is 2.75. The predicted molar refractivity (Wildman–Crippen MR) is 144 cm³/mol. The second kappa shape index (κ2) is 10.9. The Balaban J connectivity index is 0.00000361. The fourth-order valence-electron chi connectivity index (χ4n) is 5.32. The van der Waals surface area contributed by atoms with Gasteiger partial charge in [0.2, 0.25) is 11.8 Å². The van der Waals surface area contributed by atoms with Crippen LogP contribution in [0.5, 0.6) is 0 Å². The molecule has 2 aromatic rings. The molecule has 0 saturated carbocycles. The van der Waals surface area contributed by atoms with Crippen LogP contribution in [-0.4, -0.2) is 55.6 Å². The Morgan fingerprint density at radius 2 is 1.64 bits per heavy atom. The molecule has 1 spiro atoms. The van der Waals surface area contributed by atoms with Gasteiger partial charge < -0.3 is 16.0 Å². The maximum atomic E-state index is 13.5. The zero-order chi connectivity index (χ0) is 25.3. The molecule has 0 radical (unpaired) electrons. The highest BCUT2D eigenvalue weighted by Gasteiger charge is 2.43. The van der Waals surface area contributed by atoms with Crippen LogP contribution < -0.4 is 11.1 Å². The summed E-state index contributed by atoms with van der Waals surface area (Å²) in [5, 5.41) is 2.64. The van der Waals surface area contributed by atoms with E-state index < -0.39 is 33.1 Å². The van der Waals surface area contributed by atoms with E-state index in [4.69, 9.17) is 5.73 Å². The van der Waals surface area contributed by atoms with Crippen LogP contribution in [0.1, 0.15) is 49.8 Å². The number of benzene rings is 2. The molecule has 0 unspecified atom stereocenters. The third-order valence-electron chi connectivity index (χ3n) is 7.33. The van der Waals surface area contributed by atoms with Crippen LogP contribution in [0.3, 0.4) is 0 Å². The number of aryl methyl sites for hydroxylation is 1. The van der Waals surface area contributed by atoms with Crippen molar-refractivity contribution in [1.29, 1.82) is 0 Å². The lowest BCUT2D eigenvalue weighted by atomic mass is 9.74. The highest BCUT2D eigenvalue weighted by Crippen LogP contribution is 2.46. The number of nitrogens with zero attached hydrogens (tertiary/aromatic N) is 1. The molecule has 4 rings (SSSR count). The van der Waals surface area contributed by atoms with Crippen molar-refractivity contribution >= 4 is 34.1 Å². The number of nitrogens with one attached hydrogen (secondary N) is 1. The molecule has 1 aliphatic heterocycles. The Labute approximate surface area is 220 Å². The number of carbonyl (C=O) groups is 2. The average molecular weight is 534 g/mol. The van der Waals surface area contributed by atoms with E-state index in [1.165, 1.54) is 25.0 Å². The van der Waals surface area contributed by atoms with E-state index in [2.05, 4.69) is 29.6 Å². The van der Waals surface area contributed by atoms with Gasteiger partial charge in [0.15, 0.2) is 9.84 Å². The molecular weight excluding hydrogens is 498 g/mol. The minimum atomic E-state index is -3.67. The molecule has 1 atom stereocenters. The average Bonchev–Trinajstić information content (AvgIpc) is 3.16. The van der Waals surface area contributed by atoms with Crippen LogP contribution in [0.4, 0.5) is 0 Å². The van der Waals surface area contributed by atoms with Crippen LogP contribution >= 0.6 is 12.4 Å². The van der Waals surface area contributed by atoms with Crippen molar-refractivity contribution in [2.24, 2.45) is 5.73 Å². The first kappa shape index (κ1) is 28.2. The number of hydrogen-bond acceptors (Lipinski definition) is 5. The van der Waals surface area contributed by atoms with Gasteiger partial charge >= 0.3 is 0 Å². The monoisotopic (exact) mass is 533 g/mol. The van der Waals surface area contributed by atoms with E-state index in [0.29, 0.717) is 18.7 Å². The SMILES string of the molecule is CC(C)(N)C(=O)N[C@H](CS(=O)(=O)Cc1ccccc1)C(=O)N1CCC2(CCc3ccccc32)CC1.Cl. The zero-order valence-corrected chi connectivity index (χ0v) is 22.5. The maximum Gasteiger partial charge on any atom is 0.246 e. The molecule has 2 aliphatic rings. The molecule has 1 fully saturated rings. The third kappa shape index (κ3) is 6.28. The minimum Gasteiger partial charge on any atom is -0.342 e. The van der Waals surface area contributed by atoms with Crippen molar-refractivity contribution < 1.29 is 18.0 Å². The van der Waals surface area contributed by atoms with Gasteiger partial charge in [-0.25, -0.2) is 8.42 Å². The van der Waals surface area contributed by atoms with E-state index >= 15 is 0 Å². The van der Waals surface area contributed by atoms with Gasteiger partial charge in [-0.3, -0.25) is 9.59 Å². The lowest BCUT2D eigenvalue weighted by Crippen LogP contribution is -2.59. The zero-order valence-electron chi connectivity index (χ0n) is 20.9. The van der Waals surface area contributed by atoms with E-state index in [1.54, 1.807) is 29.2 Å². The highest BCUT2D eigenvalue weighted by atomic mass is 35.5. The molecule has 36 heavy (non-hydrogen) atoms. The number of halogens is 1. The molecule has 0 bridgehead atoms. The fourth-order valence-corrected chi connectivity index (χ4v) is 6.87. The Hall–Kier alpha value is -2.42. The Bertz CT molecular complexity index is 1190. The van der Waals surface area contributed by atoms with E-state index in [0.717, 1.165) is 25.7 Å². The molecule has 196 valence electrons. The molecule has 2 aromatic carbocycles. The fraction of sp³-hybridized carbons (Fsp3) is 0.481. The van der Waals surface area contributed by atoms with Crippen molar-refractivity contribution in [2.75, 3.05) is 18.8 Å². The lowest BCUT2D eigenvalue weighted by molar-refractivity contribution is -0.138. The van der Waals surface area contributed by atoms with Gasteiger partial charge in [0.1, 0.15) is 6.04 Å². The van der Waals surface area contributed by atoms with E-state index in [-0.39, 0.29) is 29.5 Å². The van der Waals surface area contributed by atoms with Crippen molar-refractivity contribution in [3.63, 3.8) is 0 Å². The summed E-state index contributed by atoms with van der Waals surface area (Å²) in [5.41, 5.74) is 8.18. The largest absolute Gasteiger partial charge is 0.342 e. The van der Waals surface area contributed by atoms with Gasteiger partial charge in [0.25, 0.3) is 0 Å². The molecule has 0 aromatic heterocycles. The lowest BCUT2D eigenvalue weighted by Gasteiger charge is -2.41. The summed E-state index contributed by atoms with van der Waals surface area (Å²) in [6.45, 7) is 4.13. The van der Waals surface area contributed by atoms with E-state index in [1.807, 2.05) is 6.07 Å². The first-order valence-electron chi connectivity index (χ1n) is 12.2. The Kier molecular flexibility index (Phi) is 8.53. The molecule has 1 heterocycles. The van der Waals surface area contributed by atoms with Gasteiger partial charge in [-0.05, 0) is 61.6 Å². The Morgan fingerprint density at radius 3 is 2.28 bits per heavy atom. The van der Waals surface area contributed by atoms with Gasteiger partial charge in [-0.15, -0.1) is 12.4 Å². The van der Waals surface area contributed by atoms with Crippen LogP contribution in [0, 0.1) is 0 Å². The normalized spacial score (nSPS) is 17.7. The summed E-state index contributed by atoms with van der Waals surface area (Å²) >= 11 is 0. The number of piperidine rings is 1. The van der Waals surface area contributed by atoms with Crippen LogP contribution in [0.15, 0.2) is 54.6 Å². The summed E-state index contributed by atoms with van der Waals surface area (Å²) in [6.07, 6.45) is 3.78. The van der Waals surface area contributed by atoms with Crippen molar-refractivity contribution in [3.8, 4) is 0 Å². The molecule has 1 aliphatic carbocycles. The number of nitrogens with two attached hydrogens (primary N) is 1. The van der Waals surface area contributed by atoms with Crippen molar-refractivity contribution in [1.82, 2.24) is 10.2 Å². The number of sulfone groups is 1. The minimum absolute atomic E-state index is 0. The first-order chi connectivity index (χ1) is 16.5. The van der Waals surface area contributed by atoms with Gasteiger partial charge in [0.05, 0.1) is 17.0 Å². The summed E-state index contributed by atoms with van der Waals surface area (Å²) < 4.78 is 26.0. The molecule has 1 saturated heterocycles. The molecule has 9 heteroatoms. The van der Waals surface area contributed by atoms with Crippen LogP contribution in [-0.2, 0) is 37.0 Å². The number of likely N-dealkylation sites (tertiary alicyclic amines) is 1. The first-order valence-corrected chi connectivity index (χ1v) is 14.0. The van der Waals surface area contributed by atoms with Gasteiger partial charge in [-0.2, -0.15) is 0 Å². The number of carbonyl (C=O) groups excluding carboxylic acids is 2. The van der Waals surface area contributed by atoms with Crippen molar-refractivity contribution in [2.45, 2.75) is 62.3 Å². The molecule has 2 amide bonds. The third-order valence-corrected chi connectivity index (χ3v) is 8.95. The standard InChI is InChI=1S/C27H35N3O4S.ClH/c1-26(2,28)25(32)29-23(19-35(33,34)18-20-8-4-3-5-9-20)24(31)30-16-14-27(15-17-30)13-12-21-10-6-7-11-22(21)27;/h3-11,23H,12-19,28H2,1-2H3,(H,29,32);1H/t23-;/m1./s1. The highest BCUT2D eigenvalue weighted by molar-refractivity contribution is 7.90. The molecule has 3 N–H and O–H groups in total. The van der Waals surface area contributed by atoms with Crippen LogP contribution in [0.2, 0.25) is 0 Å². The molecule has 7 nitrogen and oxygen atoms in total. The number of hydrogen-bond donors (Lipinski definition) is 2. The Morgan fingerprint density at radius 1 is 1.03 bits per heavy atom. The molecular formula is C27H36ClN3O4S. The second-order valence-electron chi connectivity index (χ2n) is 10.6. The summed E-state index contributed by atoms with van der Waals surface area (Å²) in [6, 6.07) is 16.2. The van der Waals surface area contributed by atoms with Gasteiger partial charge in [-0.1, -0.05) is 54.6 Å². The van der Waals surface area contributed by atoms with E-state index in [9.17, 15) is 18.0 Å². The number of rotatable bonds is 7. The smallest absolute Gasteiger partial charge is 0.246 e. The second-order valence-corrected chi connectivity index (χ2v) is 12.7. The van der Waals surface area contributed by atoms with Crippen LogP contribution in [0.25, 0.3) is 0 Å². The summed E-state index contributed by atoms with van der Waals surface area (Å²) in [7, 11) is -3.67. The quantitative estimate of drug-likeness (QED) is 0.568. The number of fused-ring (bicyclic) bond motifs is 2. The number of amides is 2. The van der Waals surface area contributed by atoms with Crippen molar-refractivity contribution in [3.05, 3.63) is 71.3 Å².